The molecule has 0 saturated carbocycles. The largest absolute Gasteiger partial charge is 0.480 e. The summed E-state index contributed by atoms with van der Waals surface area (Å²) in [6.45, 7) is 0.0330. The lowest BCUT2D eigenvalue weighted by atomic mass is 10.1. The van der Waals surface area contributed by atoms with Crippen molar-refractivity contribution in [2.75, 3.05) is 6.54 Å². The van der Waals surface area contributed by atoms with E-state index in [9.17, 15) is 18.0 Å². The van der Waals surface area contributed by atoms with Crippen LogP contribution in [0, 0.1) is 11.8 Å². The Hall–Kier alpha value is -2.94. The van der Waals surface area contributed by atoms with Crippen molar-refractivity contribution in [3.63, 3.8) is 0 Å². The molecule has 2 aromatic rings. The monoisotopic (exact) mass is 345 g/mol. The van der Waals surface area contributed by atoms with Crippen molar-refractivity contribution in [2.45, 2.75) is 18.7 Å². The standard InChI is InChI=1S/C19H14F3NO2/c20-19(21,22)15-8-3-5-13(11-15)6-4-10-23-18(24)17-12-14-7-1-2-9-16(14)25-17/h1-3,5,7-9,11,17H,10,12H2,(H,23,24). The summed E-state index contributed by atoms with van der Waals surface area (Å²) in [5, 5.41) is 2.61. The first-order valence-electron chi connectivity index (χ1n) is 7.62. The van der Waals surface area contributed by atoms with Crippen LogP contribution in [0.2, 0.25) is 0 Å². The van der Waals surface area contributed by atoms with Gasteiger partial charge in [-0.25, -0.2) is 0 Å². The fourth-order valence-corrected chi connectivity index (χ4v) is 2.49. The van der Waals surface area contributed by atoms with E-state index in [1.54, 1.807) is 6.07 Å². The van der Waals surface area contributed by atoms with Gasteiger partial charge >= 0.3 is 6.18 Å². The smallest absolute Gasteiger partial charge is 0.416 e. The molecule has 1 aliphatic heterocycles. The Bertz CT molecular complexity index is 824. The van der Waals surface area contributed by atoms with Gasteiger partial charge in [-0.3, -0.25) is 4.79 Å². The minimum atomic E-state index is -4.40. The lowest BCUT2D eigenvalue weighted by molar-refractivity contribution is -0.137. The molecule has 25 heavy (non-hydrogen) atoms. The van der Waals surface area contributed by atoms with Gasteiger partial charge in [0.15, 0.2) is 6.10 Å². The third-order valence-corrected chi connectivity index (χ3v) is 3.71. The molecular formula is C19H14F3NO2. The average molecular weight is 345 g/mol. The van der Waals surface area contributed by atoms with E-state index >= 15 is 0 Å². The van der Waals surface area contributed by atoms with E-state index in [0.29, 0.717) is 12.2 Å². The molecule has 0 saturated heterocycles. The number of alkyl halides is 3. The van der Waals surface area contributed by atoms with Crippen LogP contribution in [-0.2, 0) is 17.4 Å². The zero-order valence-corrected chi connectivity index (χ0v) is 13.1. The molecule has 1 N–H and O–H groups in total. The van der Waals surface area contributed by atoms with E-state index in [1.807, 2.05) is 18.2 Å². The highest BCUT2D eigenvalue weighted by molar-refractivity contribution is 5.82. The van der Waals surface area contributed by atoms with Gasteiger partial charge in [0.1, 0.15) is 5.75 Å². The van der Waals surface area contributed by atoms with Crippen LogP contribution in [-0.4, -0.2) is 18.6 Å². The Morgan fingerprint density at radius 2 is 2.00 bits per heavy atom. The van der Waals surface area contributed by atoms with Crippen LogP contribution in [0.3, 0.4) is 0 Å². The number of halogens is 3. The SMILES string of the molecule is O=C(NCC#Cc1cccc(C(F)(F)F)c1)C1Cc2ccccc2O1. The van der Waals surface area contributed by atoms with Crippen molar-refractivity contribution in [3.05, 3.63) is 65.2 Å². The molecule has 3 rings (SSSR count). The lowest BCUT2D eigenvalue weighted by Gasteiger charge is -2.09. The fraction of sp³-hybridized carbons (Fsp3) is 0.211. The van der Waals surface area contributed by atoms with Crippen molar-refractivity contribution in [1.29, 1.82) is 0 Å². The number of hydrogen-bond acceptors (Lipinski definition) is 2. The number of amides is 1. The van der Waals surface area contributed by atoms with E-state index in [2.05, 4.69) is 17.2 Å². The van der Waals surface area contributed by atoms with Crippen molar-refractivity contribution in [1.82, 2.24) is 5.32 Å². The molecule has 6 heteroatoms. The lowest BCUT2D eigenvalue weighted by Crippen LogP contribution is -2.37. The number of rotatable bonds is 2. The van der Waals surface area contributed by atoms with Gasteiger partial charge in [-0.1, -0.05) is 36.1 Å². The van der Waals surface area contributed by atoms with Crippen LogP contribution in [0.15, 0.2) is 48.5 Å². The Morgan fingerprint density at radius 1 is 1.20 bits per heavy atom. The van der Waals surface area contributed by atoms with Crippen LogP contribution < -0.4 is 10.1 Å². The molecule has 1 unspecified atom stereocenters. The third kappa shape index (κ3) is 4.13. The number of carbonyl (C=O) groups excluding carboxylic acids is 1. The van der Waals surface area contributed by atoms with Gasteiger partial charge in [0.05, 0.1) is 12.1 Å². The number of benzene rings is 2. The molecule has 0 aliphatic carbocycles. The minimum absolute atomic E-state index is 0.0330. The Kier molecular flexibility index (Phi) is 4.66. The van der Waals surface area contributed by atoms with Crippen LogP contribution in [0.4, 0.5) is 13.2 Å². The highest BCUT2D eigenvalue weighted by Crippen LogP contribution is 2.29. The van der Waals surface area contributed by atoms with Crippen molar-refractivity contribution >= 4 is 5.91 Å². The van der Waals surface area contributed by atoms with Gasteiger partial charge in [0, 0.05) is 12.0 Å². The predicted molar refractivity (Wildman–Crippen MR) is 85.9 cm³/mol. The molecule has 128 valence electrons. The number of para-hydroxylation sites is 1. The average Bonchev–Trinajstić information content (AvgIpc) is 3.02. The number of hydrogen-bond donors (Lipinski definition) is 1. The summed E-state index contributed by atoms with van der Waals surface area (Å²) >= 11 is 0. The van der Waals surface area contributed by atoms with Crippen LogP contribution >= 0.6 is 0 Å². The van der Waals surface area contributed by atoms with Crippen molar-refractivity contribution in [3.8, 4) is 17.6 Å². The van der Waals surface area contributed by atoms with Gasteiger partial charge in [-0.05, 0) is 29.8 Å². The molecule has 1 heterocycles. The molecule has 0 radical (unpaired) electrons. The molecule has 0 aromatic heterocycles. The first-order chi connectivity index (χ1) is 11.9. The second-order valence-electron chi connectivity index (χ2n) is 5.52. The summed E-state index contributed by atoms with van der Waals surface area (Å²) in [5.74, 6) is 5.66. The molecule has 0 bridgehead atoms. The van der Waals surface area contributed by atoms with Gasteiger partial charge < -0.3 is 10.1 Å². The van der Waals surface area contributed by atoms with Crippen LogP contribution in [0.1, 0.15) is 16.7 Å². The maximum atomic E-state index is 12.6. The van der Waals surface area contributed by atoms with E-state index in [1.165, 1.54) is 12.1 Å². The van der Waals surface area contributed by atoms with E-state index < -0.39 is 17.8 Å². The summed E-state index contributed by atoms with van der Waals surface area (Å²) < 4.78 is 43.4. The minimum Gasteiger partial charge on any atom is -0.480 e. The van der Waals surface area contributed by atoms with Crippen molar-refractivity contribution < 1.29 is 22.7 Å². The third-order valence-electron chi connectivity index (χ3n) is 3.71. The zero-order chi connectivity index (χ0) is 17.9. The van der Waals surface area contributed by atoms with Gasteiger partial charge in [-0.15, -0.1) is 0 Å². The summed E-state index contributed by atoms with van der Waals surface area (Å²) in [6.07, 6.45) is -4.52. The molecule has 1 amide bonds. The molecule has 1 aliphatic rings. The Balaban J connectivity index is 1.54. The molecule has 3 nitrogen and oxygen atoms in total. The van der Waals surface area contributed by atoms with E-state index in [4.69, 9.17) is 4.74 Å². The summed E-state index contributed by atoms with van der Waals surface area (Å²) in [6, 6.07) is 12.2. The molecular weight excluding hydrogens is 331 g/mol. The number of ether oxygens (including phenoxy) is 1. The highest BCUT2D eigenvalue weighted by atomic mass is 19.4. The predicted octanol–water partition coefficient (Wildman–Crippen LogP) is 3.18. The first-order valence-corrected chi connectivity index (χ1v) is 7.62. The van der Waals surface area contributed by atoms with Gasteiger partial charge in [-0.2, -0.15) is 13.2 Å². The number of fused-ring (bicyclic) bond motifs is 1. The Labute approximate surface area is 142 Å². The molecule has 1 atom stereocenters. The summed E-state index contributed by atoms with van der Waals surface area (Å²) in [4.78, 5) is 12.1. The van der Waals surface area contributed by atoms with Crippen LogP contribution in [0.5, 0.6) is 5.75 Å². The molecule has 2 aromatic carbocycles. The second-order valence-corrected chi connectivity index (χ2v) is 5.52. The maximum Gasteiger partial charge on any atom is 0.416 e. The Morgan fingerprint density at radius 3 is 2.76 bits per heavy atom. The highest BCUT2D eigenvalue weighted by Gasteiger charge is 2.30. The normalized spacial score (nSPS) is 15.6. The number of nitrogens with one attached hydrogen (secondary N) is 1. The first kappa shape index (κ1) is 16.9. The van der Waals surface area contributed by atoms with E-state index in [0.717, 1.165) is 17.7 Å². The molecule has 0 fully saturated rings. The fourth-order valence-electron chi connectivity index (χ4n) is 2.49. The zero-order valence-electron chi connectivity index (χ0n) is 13.1. The van der Waals surface area contributed by atoms with Gasteiger partial charge in [0.2, 0.25) is 0 Å². The number of carbonyl (C=O) groups is 1. The maximum absolute atomic E-state index is 12.6. The molecule has 0 spiro atoms. The van der Waals surface area contributed by atoms with Gasteiger partial charge in [0.25, 0.3) is 5.91 Å². The quantitative estimate of drug-likeness (QED) is 0.849. The summed E-state index contributed by atoms with van der Waals surface area (Å²) in [5.41, 5.74) is 0.465. The topological polar surface area (TPSA) is 38.3 Å². The van der Waals surface area contributed by atoms with Crippen LogP contribution in [0.25, 0.3) is 0 Å². The van der Waals surface area contributed by atoms with Crippen molar-refractivity contribution in [2.24, 2.45) is 0 Å². The summed E-state index contributed by atoms with van der Waals surface area (Å²) in [7, 11) is 0. The second kappa shape index (κ2) is 6.89. The van der Waals surface area contributed by atoms with E-state index in [-0.39, 0.29) is 18.0 Å².